The van der Waals surface area contributed by atoms with Crippen molar-refractivity contribution >= 4 is 17.9 Å². The van der Waals surface area contributed by atoms with Crippen LogP contribution in [0.4, 0.5) is 5.69 Å². The van der Waals surface area contributed by atoms with Gasteiger partial charge in [-0.3, -0.25) is 4.99 Å². The molecule has 0 aliphatic carbocycles. The van der Waals surface area contributed by atoms with Gasteiger partial charge in [0, 0.05) is 11.8 Å². The molecule has 0 amide bonds. The fourth-order valence-corrected chi connectivity index (χ4v) is 1.78. The molecule has 0 unspecified atom stereocenters. The molecule has 0 bridgehead atoms. The Labute approximate surface area is 131 Å². The van der Waals surface area contributed by atoms with Crippen LogP contribution in [-0.4, -0.2) is 12.2 Å². The average molecular weight is 293 g/mol. The lowest BCUT2D eigenvalue weighted by Gasteiger charge is -2.03. The monoisotopic (exact) mass is 293 g/mol. The van der Waals surface area contributed by atoms with E-state index < -0.39 is 5.97 Å². The van der Waals surface area contributed by atoms with Gasteiger partial charge in [-0.1, -0.05) is 25.6 Å². The molecule has 2 aromatic rings. The van der Waals surface area contributed by atoms with Gasteiger partial charge in [0.1, 0.15) is 5.75 Å². The number of nitrogens with zero attached hydrogens (tertiary/aromatic N) is 1. The number of carbonyl (C=O) groups is 1. The second-order valence-corrected chi connectivity index (χ2v) is 5.02. The zero-order valence-corrected chi connectivity index (χ0v) is 12.9. The van der Waals surface area contributed by atoms with E-state index >= 15 is 0 Å². The largest absolute Gasteiger partial charge is 0.423 e. The van der Waals surface area contributed by atoms with Crippen LogP contribution in [0.1, 0.15) is 25.0 Å². The van der Waals surface area contributed by atoms with Crippen molar-refractivity contribution in [1.82, 2.24) is 0 Å². The van der Waals surface area contributed by atoms with Gasteiger partial charge in [-0.2, -0.15) is 0 Å². The van der Waals surface area contributed by atoms with E-state index in [0.717, 1.165) is 17.7 Å². The summed E-state index contributed by atoms with van der Waals surface area (Å²) in [7, 11) is 0. The predicted octanol–water partition coefficient (Wildman–Crippen LogP) is 4.48. The molecule has 0 N–H and O–H groups in total. The second kappa shape index (κ2) is 7.36. The molecular formula is C19H19NO2. The molecule has 22 heavy (non-hydrogen) atoms. The number of esters is 1. The fourth-order valence-electron chi connectivity index (χ4n) is 1.78. The number of aryl methyl sites for hydroxylation is 1. The van der Waals surface area contributed by atoms with Crippen LogP contribution in [0.2, 0.25) is 0 Å². The highest BCUT2D eigenvalue weighted by molar-refractivity contribution is 5.89. The summed E-state index contributed by atoms with van der Waals surface area (Å²) in [6.07, 6.45) is 2.81. The molecule has 0 spiro atoms. The van der Waals surface area contributed by atoms with Crippen LogP contribution in [0.5, 0.6) is 5.75 Å². The fraction of sp³-hybridized carbons (Fsp3) is 0.158. The molecule has 112 valence electrons. The molecule has 0 saturated carbocycles. The predicted molar refractivity (Wildman–Crippen MR) is 90.0 cm³/mol. The van der Waals surface area contributed by atoms with Crippen molar-refractivity contribution < 1.29 is 9.53 Å². The number of carbonyl (C=O) groups excluding carboxylic acids is 1. The maximum atomic E-state index is 11.4. The van der Waals surface area contributed by atoms with Gasteiger partial charge in [0.15, 0.2) is 0 Å². The van der Waals surface area contributed by atoms with Crippen LogP contribution in [0.25, 0.3) is 0 Å². The maximum absolute atomic E-state index is 11.4. The van der Waals surface area contributed by atoms with Gasteiger partial charge in [0.2, 0.25) is 0 Å². The van der Waals surface area contributed by atoms with E-state index in [2.05, 4.69) is 30.6 Å². The smallest absolute Gasteiger partial charge is 0.338 e. The first kappa shape index (κ1) is 15.7. The van der Waals surface area contributed by atoms with E-state index in [0.29, 0.717) is 11.3 Å². The van der Waals surface area contributed by atoms with E-state index in [9.17, 15) is 4.79 Å². The third kappa shape index (κ3) is 4.42. The third-order valence-corrected chi connectivity index (χ3v) is 3.15. The van der Waals surface area contributed by atoms with Crippen molar-refractivity contribution in [2.45, 2.75) is 20.3 Å². The number of hydrogen-bond donors (Lipinski definition) is 0. The van der Waals surface area contributed by atoms with Crippen LogP contribution < -0.4 is 4.74 Å². The van der Waals surface area contributed by atoms with Crippen LogP contribution in [0, 0.1) is 0 Å². The first-order chi connectivity index (χ1) is 10.6. The van der Waals surface area contributed by atoms with Gasteiger partial charge in [-0.15, -0.1) is 0 Å². The minimum absolute atomic E-state index is 0.376. The van der Waals surface area contributed by atoms with Crippen molar-refractivity contribution in [3.63, 3.8) is 0 Å². The summed E-state index contributed by atoms with van der Waals surface area (Å²) in [6.45, 7) is 7.29. The highest BCUT2D eigenvalue weighted by Gasteiger charge is 2.04. The first-order valence-corrected chi connectivity index (χ1v) is 7.19. The summed E-state index contributed by atoms with van der Waals surface area (Å²) in [5, 5.41) is 0. The Hall–Kier alpha value is -2.68. The molecule has 2 aromatic carbocycles. The third-order valence-electron chi connectivity index (χ3n) is 3.15. The SMILES string of the molecule is C=C(C)C(=O)Oc1ccc(C=Nc2ccc(CC)cc2)cc1. The number of benzene rings is 2. The van der Waals surface area contributed by atoms with Crippen molar-refractivity contribution in [2.24, 2.45) is 4.99 Å². The molecule has 3 nitrogen and oxygen atoms in total. The minimum Gasteiger partial charge on any atom is -0.423 e. The van der Waals surface area contributed by atoms with Gasteiger partial charge >= 0.3 is 5.97 Å². The molecule has 0 aliphatic rings. The Morgan fingerprint density at radius 1 is 1.14 bits per heavy atom. The van der Waals surface area contributed by atoms with Gasteiger partial charge in [0.25, 0.3) is 0 Å². The van der Waals surface area contributed by atoms with E-state index in [1.807, 2.05) is 24.3 Å². The summed E-state index contributed by atoms with van der Waals surface area (Å²) in [5.74, 6) is 0.0786. The van der Waals surface area contributed by atoms with E-state index in [-0.39, 0.29) is 0 Å². The topological polar surface area (TPSA) is 38.7 Å². The lowest BCUT2D eigenvalue weighted by molar-refractivity contribution is -0.130. The van der Waals surface area contributed by atoms with Crippen molar-refractivity contribution in [3.8, 4) is 5.75 Å². The minimum atomic E-state index is -0.419. The number of hydrogen-bond acceptors (Lipinski definition) is 3. The molecular weight excluding hydrogens is 274 g/mol. The second-order valence-electron chi connectivity index (χ2n) is 5.02. The Morgan fingerprint density at radius 3 is 2.32 bits per heavy atom. The van der Waals surface area contributed by atoms with E-state index in [1.165, 1.54) is 5.56 Å². The van der Waals surface area contributed by atoms with Crippen molar-refractivity contribution in [1.29, 1.82) is 0 Å². The highest BCUT2D eigenvalue weighted by Crippen LogP contribution is 2.15. The number of rotatable bonds is 5. The van der Waals surface area contributed by atoms with Crippen molar-refractivity contribution in [3.05, 3.63) is 71.8 Å². The maximum Gasteiger partial charge on any atom is 0.338 e. The highest BCUT2D eigenvalue weighted by atomic mass is 16.5. The zero-order valence-electron chi connectivity index (χ0n) is 12.9. The lowest BCUT2D eigenvalue weighted by atomic mass is 10.1. The quantitative estimate of drug-likeness (QED) is 0.353. The molecule has 0 radical (unpaired) electrons. The summed E-state index contributed by atoms with van der Waals surface area (Å²) in [4.78, 5) is 15.8. The van der Waals surface area contributed by atoms with Gasteiger partial charge in [-0.25, -0.2) is 4.79 Å². The Balaban J connectivity index is 2.02. The van der Waals surface area contributed by atoms with Crippen LogP contribution in [-0.2, 0) is 11.2 Å². The summed E-state index contributed by atoms with van der Waals surface area (Å²) < 4.78 is 5.14. The molecule has 0 saturated heterocycles. The Morgan fingerprint density at radius 2 is 1.77 bits per heavy atom. The molecule has 0 atom stereocenters. The summed E-state index contributed by atoms with van der Waals surface area (Å²) >= 11 is 0. The zero-order chi connectivity index (χ0) is 15.9. The summed E-state index contributed by atoms with van der Waals surface area (Å²) in [6, 6.07) is 15.3. The van der Waals surface area contributed by atoms with E-state index in [1.54, 1.807) is 25.3 Å². The Bertz CT molecular complexity index is 682. The van der Waals surface area contributed by atoms with Gasteiger partial charge in [-0.05, 0) is 60.9 Å². The molecule has 3 heteroatoms. The Kier molecular flexibility index (Phi) is 5.26. The molecule has 0 aliphatic heterocycles. The normalized spacial score (nSPS) is 10.6. The molecule has 0 fully saturated rings. The van der Waals surface area contributed by atoms with E-state index in [4.69, 9.17) is 4.74 Å². The number of aliphatic imine (C=N–C) groups is 1. The number of ether oxygens (including phenoxy) is 1. The van der Waals surface area contributed by atoms with Gasteiger partial charge < -0.3 is 4.74 Å². The van der Waals surface area contributed by atoms with Crippen LogP contribution in [0.15, 0.2) is 65.7 Å². The van der Waals surface area contributed by atoms with Crippen LogP contribution >= 0.6 is 0 Å². The summed E-state index contributed by atoms with van der Waals surface area (Å²) in [5.41, 5.74) is 3.52. The van der Waals surface area contributed by atoms with Crippen molar-refractivity contribution in [2.75, 3.05) is 0 Å². The molecule has 0 aromatic heterocycles. The average Bonchev–Trinajstić information content (AvgIpc) is 2.54. The lowest BCUT2D eigenvalue weighted by Crippen LogP contribution is -2.07. The molecule has 2 rings (SSSR count). The molecule has 0 heterocycles. The van der Waals surface area contributed by atoms with Crippen LogP contribution in [0.3, 0.4) is 0 Å². The van der Waals surface area contributed by atoms with Gasteiger partial charge in [0.05, 0.1) is 5.69 Å². The first-order valence-electron chi connectivity index (χ1n) is 7.19. The standard InChI is InChI=1S/C19H19NO2/c1-4-15-5-9-17(10-6-15)20-13-16-7-11-18(12-8-16)22-19(21)14(2)3/h5-13H,2,4H2,1,3H3.